The van der Waals surface area contributed by atoms with E-state index in [1.54, 1.807) is 0 Å². The lowest BCUT2D eigenvalue weighted by molar-refractivity contribution is -0.208. The second-order valence-corrected chi connectivity index (χ2v) is 6.52. The van der Waals surface area contributed by atoms with Gasteiger partial charge in [-0.15, -0.1) is 0 Å². The van der Waals surface area contributed by atoms with Gasteiger partial charge < -0.3 is 18.9 Å². The van der Waals surface area contributed by atoms with Gasteiger partial charge in [0, 0.05) is 19.8 Å². The van der Waals surface area contributed by atoms with Crippen LogP contribution in [0.4, 0.5) is 0 Å². The minimum absolute atomic E-state index is 0.0237. The predicted octanol–water partition coefficient (Wildman–Crippen LogP) is 2.75. The van der Waals surface area contributed by atoms with Crippen molar-refractivity contribution >= 4 is 0 Å². The summed E-state index contributed by atoms with van der Waals surface area (Å²) in [4.78, 5) is 0. The normalized spacial score (nSPS) is 27.1. The lowest BCUT2D eigenvalue weighted by Crippen LogP contribution is -2.34. The summed E-state index contributed by atoms with van der Waals surface area (Å²) in [5.41, 5.74) is 0. The Hall–Kier alpha value is -0.160. The van der Waals surface area contributed by atoms with E-state index >= 15 is 0 Å². The van der Waals surface area contributed by atoms with Gasteiger partial charge in [0.1, 0.15) is 6.10 Å². The molecule has 2 saturated carbocycles. The van der Waals surface area contributed by atoms with Crippen LogP contribution >= 0.6 is 0 Å². The van der Waals surface area contributed by atoms with Crippen LogP contribution in [0.2, 0.25) is 0 Å². The second kappa shape index (κ2) is 7.74. The first-order valence-electron chi connectivity index (χ1n) is 8.32. The van der Waals surface area contributed by atoms with Gasteiger partial charge in [0.15, 0.2) is 6.29 Å². The minimum atomic E-state index is -0.0530. The molecule has 0 spiro atoms. The molecule has 0 aromatic heterocycles. The third kappa shape index (κ3) is 5.68. The molecule has 0 amide bonds. The maximum absolute atomic E-state index is 6.02. The SMILES string of the molecule is C1CCC(OC(COCC2CC2)COCC2CC2)OC1. The molecule has 4 nitrogen and oxygen atoms in total. The largest absolute Gasteiger partial charge is 0.378 e. The molecule has 1 atom stereocenters. The van der Waals surface area contributed by atoms with Gasteiger partial charge in [0.25, 0.3) is 0 Å². The molecule has 1 aliphatic heterocycles. The Morgan fingerprint density at radius 2 is 1.50 bits per heavy atom. The van der Waals surface area contributed by atoms with Crippen LogP contribution in [0.1, 0.15) is 44.9 Å². The summed E-state index contributed by atoms with van der Waals surface area (Å²) >= 11 is 0. The van der Waals surface area contributed by atoms with Gasteiger partial charge in [0.05, 0.1) is 13.2 Å². The Morgan fingerprint density at radius 1 is 0.850 bits per heavy atom. The van der Waals surface area contributed by atoms with Crippen LogP contribution in [0.5, 0.6) is 0 Å². The standard InChI is InChI=1S/C16H28O4/c1-2-8-19-16(3-1)20-15(11-17-9-13-4-5-13)12-18-10-14-6-7-14/h13-16H,1-12H2. The fraction of sp³-hybridized carbons (Fsp3) is 1.00. The van der Waals surface area contributed by atoms with Gasteiger partial charge >= 0.3 is 0 Å². The summed E-state index contributed by atoms with van der Waals surface area (Å²) in [6.07, 6.45) is 8.64. The molecule has 3 rings (SSSR count). The highest BCUT2D eigenvalue weighted by Crippen LogP contribution is 2.29. The molecule has 1 unspecified atom stereocenters. The van der Waals surface area contributed by atoms with Crippen molar-refractivity contribution in [1.82, 2.24) is 0 Å². The first-order valence-corrected chi connectivity index (χ1v) is 8.32. The van der Waals surface area contributed by atoms with E-state index in [-0.39, 0.29) is 12.4 Å². The predicted molar refractivity (Wildman–Crippen MR) is 75.6 cm³/mol. The first kappa shape index (κ1) is 14.8. The smallest absolute Gasteiger partial charge is 0.158 e. The number of hydrogen-bond donors (Lipinski definition) is 0. The molecule has 4 heteroatoms. The van der Waals surface area contributed by atoms with E-state index in [9.17, 15) is 0 Å². The average Bonchev–Trinajstić information content (AvgIpc) is 3.35. The highest BCUT2D eigenvalue weighted by molar-refractivity contribution is 4.74. The molecular weight excluding hydrogens is 256 g/mol. The van der Waals surface area contributed by atoms with Crippen LogP contribution in [0, 0.1) is 11.8 Å². The van der Waals surface area contributed by atoms with E-state index in [0.29, 0.717) is 13.2 Å². The fourth-order valence-corrected chi connectivity index (χ4v) is 2.46. The van der Waals surface area contributed by atoms with E-state index in [1.165, 1.54) is 32.1 Å². The van der Waals surface area contributed by atoms with Crippen molar-refractivity contribution in [2.75, 3.05) is 33.0 Å². The highest BCUT2D eigenvalue weighted by atomic mass is 16.7. The van der Waals surface area contributed by atoms with E-state index in [2.05, 4.69) is 0 Å². The van der Waals surface area contributed by atoms with Crippen molar-refractivity contribution in [1.29, 1.82) is 0 Å². The lowest BCUT2D eigenvalue weighted by atomic mass is 10.2. The van der Waals surface area contributed by atoms with Crippen molar-refractivity contribution in [3.05, 3.63) is 0 Å². The van der Waals surface area contributed by atoms with E-state index in [0.717, 1.165) is 44.5 Å². The van der Waals surface area contributed by atoms with Gasteiger partial charge in [0.2, 0.25) is 0 Å². The molecule has 3 fully saturated rings. The monoisotopic (exact) mass is 284 g/mol. The van der Waals surface area contributed by atoms with Crippen LogP contribution in [0.25, 0.3) is 0 Å². The molecule has 1 heterocycles. The summed E-state index contributed by atoms with van der Waals surface area (Å²) in [6.45, 7) is 3.87. The maximum Gasteiger partial charge on any atom is 0.158 e. The minimum Gasteiger partial charge on any atom is -0.378 e. The number of ether oxygens (including phenoxy) is 4. The molecule has 2 aliphatic carbocycles. The summed E-state index contributed by atoms with van der Waals surface area (Å²) in [6, 6.07) is 0. The fourth-order valence-electron chi connectivity index (χ4n) is 2.46. The summed E-state index contributed by atoms with van der Waals surface area (Å²) < 4.78 is 23.2. The molecule has 1 saturated heterocycles. The van der Waals surface area contributed by atoms with Crippen molar-refractivity contribution in [3.63, 3.8) is 0 Å². The Kier molecular flexibility index (Phi) is 5.71. The van der Waals surface area contributed by atoms with E-state index < -0.39 is 0 Å². The summed E-state index contributed by atoms with van der Waals surface area (Å²) in [7, 11) is 0. The van der Waals surface area contributed by atoms with Crippen LogP contribution in [0.3, 0.4) is 0 Å². The zero-order valence-corrected chi connectivity index (χ0v) is 12.4. The third-order valence-corrected chi connectivity index (χ3v) is 4.19. The van der Waals surface area contributed by atoms with Gasteiger partial charge in [-0.2, -0.15) is 0 Å². The Balaban J connectivity index is 1.34. The van der Waals surface area contributed by atoms with Crippen molar-refractivity contribution in [2.45, 2.75) is 57.3 Å². The molecule has 20 heavy (non-hydrogen) atoms. The van der Waals surface area contributed by atoms with Crippen LogP contribution in [-0.4, -0.2) is 45.4 Å². The van der Waals surface area contributed by atoms with Crippen molar-refractivity contribution < 1.29 is 18.9 Å². The van der Waals surface area contributed by atoms with E-state index in [1.807, 2.05) is 0 Å². The summed E-state index contributed by atoms with van der Waals surface area (Å²) in [5, 5.41) is 0. The Morgan fingerprint density at radius 3 is 2.00 bits per heavy atom. The van der Waals surface area contributed by atoms with Crippen LogP contribution in [-0.2, 0) is 18.9 Å². The molecule has 0 aromatic carbocycles. The Labute approximate surface area is 122 Å². The molecule has 0 N–H and O–H groups in total. The van der Waals surface area contributed by atoms with Crippen molar-refractivity contribution in [2.24, 2.45) is 11.8 Å². The third-order valence-electron chi connectivity index (χ3n) is 4.19. The van der Waals surface area contributed by atoms with Gasteiger partial charge in [-0.1, -0.05) is 0 Å². The number of rotatable bonds is 10. The Bertz CT molecular complexity index is 252. The van der Waals surface area contributed by atoms with Crippen LogP contribution in [0.15, 0.2) is 0 Å². The molecule has 0 radical (unpaired) electrons. The molecule has 3 aliphatic rings. The van der Waals surface area contributed by atoms with Gasteiger partial charge in [-0.25, -0.2) is 0 Å². The first-order chi connectivity index (χ1) is 9.90. The molecular formula is C16H28O4. The quantitative estimate of drug-likeness (QED) is 0.618. The highest BCUT2D eigenvalue weighted by Gasteiger charge is 2.25. The molecule has 0 bridgehead atoms. The number of hydrogen-bond acceptors (Lipinski definition) is 4. The average molecular weight is 284 g/mol. The second-order valence-electron chi connectivity index (χ2n) is 6.52. The van der Waals surface area contributed by atoms with Crippen molar-refractivity contribution in [3.8, 4) is 0 Å². The summed E-state index contributed by atoms with van der Waals surface area (Å²) in [5.74, 6) is 1.60. The molecule has 0 aromatic rings. The van der Waals surface area contributed by atoms with Gasteiger partial charge in [-0.3, -0.25) is 0 Å². The molecule has 116 valence electrons. The maximum atomic E-state index is 6.02. The zero-order chi connectivity index (χ0) is 13.6. The lowest BCUT2D eigenvalue weighted by Gasteiger charge is -2.27. The van der Waals surface area contributed by atoms with E-state index in [4.69, 9.17) is 18.9 Å². The van der Waals surface area contributed by atoms with Gasteiger partial charge in [-0.05, 0) is 56.8 Å². The topological polar surface area (TPSA) is 36.9 Å². The van der Waals surface area contributed by atoms with Crippen LogP contribution < -0.4 is 0 Å². The zero-order valence-electron chi connectivity index (χ0n) is 12.4.